The van der Waals surface area contributed by atoms with Gasteiger partial charge in [0.15, 0.2) is 0 Å². The molecule has 0 radical (unpaired) electrons. The van der Waals surface area contributed by atoms with Crippen LogP contribution in [0.2, 0.25) is 10.0 Å². The van der Waals surface area contributed by atoms with Crippen LogP contribution in [0.1, 0.15) is 17.4 Å². The van der Waals surface area contributed by atoms with Crippen molar-refractivity contribution < 1.29 is 4.42 Å². The lowest BCUT2D eigenvalue weighted by Gasteiger charge is -2.17. The molecule has 0 saturated heterocycles. The standard InChI is InChI=1S/C13H13Cl2NO/c1-16-13(8-10-3-2-6-17-10)11-7-9(14)4-5-12(11)15/h2-7,13,16H,8H2,1H3. The topological polar surface area (TPSA) is 25.2 Å². The lowest BCUT2D eigenvalue weighted by Crippen LogP contribution is -2.19. The van der Waals surface area contributed by atoms with Crippen molar-refractivity contribution in [3.63, 3.8) is 0 Å². The number of hydrogen-bond donors (Lipinski definition) is 1. The van der Waals surface area contributed by atoms with Crippen molar-refractivity contribution in [2.75, 3.05) is 7.05 Å². The number of nitrogens with one attached hydrogen (secondary N) is 1. The van der Waals surface area contributed by atoms with Crippen LogP contribution in [-0.4, -0.2) is 7.05 Å². The molecule has 0 aliphatic rings. The Hall–Kier alpha value is -0.960. The van der Waals surface area contributed by atoms with Gasteiger partial charge in [-0.2, -0.15) is 0 Å². The normalized spacial score (nSPS) is 12.6. The molecule has 17 heavy (non-hydrogen) atoms. The van der Waals surface area contributed by atoms with Crippen LogP contribution in [0.5, 0.6) is 0 Å². The fourth-order valence-electron chi connectivity index (χ4n) is 1.78. The van der Waals surface area contributed by atoms with Gasteiger partial charge in [0.25, 0.3) is 0 Å². The average Bonchev–Trinajstić information content (AvgIpc) is 2.82. The molecule has 0 saturated carbocycles. The second kappa shape index (κ2) is 5.58. The molecule has 1 heterocycles. The van der Waals surface area contributed by atoms with Crippen molar-refractivity contribution in [3.05, 3.63) is 58.0 Å². The monoisotopic (exact) mass is 269 g/mol. The molecule has 0 fully saturated rings. The largest absolute Gasteiger partial charge is 0.469 e. The molecule has 4 heteroatoms. The highest BCUT2D eigenvalue weighted by molar-refractivity contribution is 6.33. The maximum absolute atomic E-state index is 6.18. The number of likely N-dealkylation sites (N-methyl/N-ethyl adjacent to an activating group) is 1. The predicted octanol–water partition coefficient (Wildman–Crippen LogP) is 4.09. The van der Waals surface area contributed by atoms with E-state index >= 15 is 0 Å². The zero-order valence-electron chi connectivity index (χ0n) is 9.41. The van der Waals surface area contributed by atoms with E-state index in [4.69, 9.17) is 27.6 Å². The molecule has 1 N–H and O–H groups in total. The van der Waals surface area contributed by atoms with Gasteiger partial charge in [-0.1, -0.05) is 23.2 Å². The molecule has 2 nitrogen and oxygen atoms in total. The van der Waals surface area contributed by atoms with Crippen molar-refractivity contribution in [2.45, 2.75) is 12.5 Å². The Kier molecular flexibility index (Phi) is 4.11. The molecule has 0 bridgehead atoms. The van der Waals surface area contributed by atoms with Crippen LogP contribution in [0.25, 0.3) is 0 Å². The van der Waals surface area contributed by atoms with Crippen molar-refractivity contribution in [2.24, 2.45) is 0 Å². The second-order valence-corrected chi connectivity index (χ2v) is 4.63. The Labute approximate surface area is 111 Å². The maximum atomic E-state index is 6.18. The van der Waals surface area contributed by atoms with E-state index in [0.29, 0.717) is 10.0 Å². The zero-order chi connectivity index (χ0) is 12.3. The summed E-state index contributed by atoms with van der Waals surface area (Å²) in [4.78, 5) is 0. The summed E-state index contributed by atoms with van der Waals surface area (Å²) in [6.45, 7) is 0. The van der Waals surface area contributed by atoms with Crippen LogP contribution in [0, 0.1) is 0 Å². The van der Waals surface area contributed by atoms with Crippen LogP contribution >= 0.6 is 23.2 Å². The summed E-state index contributed by atoms with van der Waals surface area (Å²) in [7, 11) is 1.89. The summed E-state index contributed by atoms with van der Waals surface area (Å²) in [5.41, 5.74) is 0.984. The highest BCUT2D eigenvalue weighted by Gasteiger charge is 2.15. The first-order valence-electron chi connectivity index (χ1n) is 5.35. The summed E-state index contributed by atoms with van der Waals surface area (Å²) in [5, 5.41) is 4.61. The molecule has 90 valence electrons. The summed E-state index contributed by atoms with van der Waals surface area (Å²) in [6.07, 6.45) is 2.41. The van der Waals surface area contributed by atoms with Crippen LogP contribution in [-0.2, 0) is 6.42 Å². The molecule has 0 spiro atoms. The van der Waals surface area contributed by atoms with Crippen LogP contribution in [0.3, 0.4) is 0 Å². The summed E-state index contributed by atoms with van der Waals surface area (Å²) >= 11 is 12.2. The summed E-state index contributed by atoms with van der Waals surface area (Å²) in [5.74, 6) is 0.917. The molecule has 1 unspecified atom stereocenters. The van der Waals surface area contributed by atoms with Crippen molar-refractivity contribution >= 4 is 23.2 Å². The molecule has 0 aliphatic carbocycles. The van der Waals surface area contributed by atoms with Crippen molar-refractivity contribution in [1.29, 1.82) is 0 Å². The van der Waals surface area contributed by atoms with Crippen molar-refractivity contribution in [1.82, 2.24) is 5.32 Å². The van der Waals surface area contributed by atoms with Gasteiger partial charge in [-0.3, -0.25) is 0 Å². The third-order valence-corrected chi connectivity index (χ3v) is 3.25. The van der Waals surface area contributed by atoms with Gasteiger partial charge in [0.2, 0.25) is 0 Å². The third kappa shape index (κ3) is 3.03. The summed E-state index contributed by atoms with van der Waals surface area (Å²) in [6, 6.07) is 9.39. The number of rotatable bonds is 4. The number of furan rings is 1. The minimum atomic E-state index is 0.0901. The van der Waals surface area contributed by atoms with E-state index in [0.717, 1.165) is 17.7 Å². The Morgan fingerprint density at radius 3 is 2.76 bits per heavy atom. The minimum absolute atomic E-state index is 0.0901. The first-order chi connectivity index (χ1) is 8.20. The fraction of sp³-hybridized carbons (Fsp3) is 0.231. The SMILES string of the molecule is CNC(Cc1ccco1)c1cc(Cl)ccc1Cl. The van der Waals surface area contributed by atoms with E-state index in [2.05, 4.69) is 5.32 Å². The zero-order valence-corrected chi connectivity index (χ0v) is 10.9. The number of hydrogen-bond acceptors (Lipinski definition) is 2. The van der Waals surface area contributed by atoms with Crippen LogP contribution < -0.4 is 5.32 Å². The molecule has 1 atom stereocenters. The quantitative estimate of drug-likeness (QED) is 0.905. The van der Waals surface area contributed by atoms with Gasteiger partial charge in [0, 0.05) is 22.5 Å². The predicted molar refractivity (Wildman–Crippen MR) is 70.7 cm³/mol. The van der Waals surface area contributed by atoms with Crippen molar-refractivity contribution in [3.8, 4) is 0 Å². The molecule has 1 aromatic carbocycles. The number of benzene rings is 1. The Balaban J connectivity index is 2.25. The van der Waals surface area contributed by atoms with E-state index in [1.807, 2.05) is 31.3 Å². The van der Waals surface area contributed by atoms with Gasteiger partial charge in [-0.15, -0.1) is 0 Å². The smallest absolute Gasteiger partial charge is 0.105 e. The first-order valence-corrected chi connectivity index (χ1v) is 6.11. The van der Waals surface area contributed by atoms with E-state index in [1.54, 1.807) is 12.3 Å². The van der Waals surface area contributed by atoms with E-state index < -0.39 is 0 Å². The van der Waals surface area contributed by atoms with Gasteiger partial charge in [-0.05, 0) is 42.9 Å². The molecular weight excluding hydrogens is 257 g/mol. The maximum Gasteiger partial charge on any atom is 0.105 e. The van der Waals surface area contributed by atoms with E-state index in [1.165, 1.54) is 0 Å². The fourth-order valence-corrected chi connectivity index (χ4v) is 2.21. The Morgan fingerprint density at radius 1 is 1.29 bits per heavy atom. The van der Waals surface area contributed by atoms with Crippen LogP contribution in [0.15, 0.2) is 41.0 Å². The molecular formula is C13H13Cl2NO. The first kappa shape index (κ1) is 12.5. The highest BCUT2D eigenvalue weighted by Crippen LogP contribution is 2.28. The van der Waals surface area contributed by atoms with E-state index in [9.17, 15) is 0 Å². The van der Waals surface area contributed by atoms with Gasteiger partial charge in [-0.25, -0.2) is 0 Å². The minimum Gasteiger partial charge on any atom is -0.469 e. The Morgan fingerprint density at radius 2 is 2.12 bits per heavy atom. The van der Waals surface area contributed by atoms with Gasteiger partial charge in [0.1, 0.15) is 5.76 Å². The number of halogens is 2. The lowest BCUT2D eigenvalue weighted by atomic mass is 10.0. The molecule has 2 rings (SSSR count). The van der Waals surface area contributed by atoms with Gasteiger partial charge < -0.3 is 9.73 Å². The molecule has 0 aliphatic heterocycles. The second-order valence-electron chi connectivity index (χ2n) is 3.79. The van der Waals surface area contributed by atoms with Gasteiger partial charge >= 0.3 is 0 Å². The Bertz CT molecular complexity index is 482. The highest BCUT2D eigenvalue weighted by atomic mass is 35.5. The summed E-state index contributed by atoms with van der Waals surface area (Å²) < 4.78 is 5.34. The molecule has 2 aromatic rings. The lowest BCUT2D eigenvalue weighted by molar-refractivity contribution is 0.466. The van der Waals surface area contributed by atoms with Gasteiger partial charge in [0.05, 0.1) is 6.26 Å². The third-order valence-electron chi connectivity index (χ3n) is 2.67. The average molecular weight is 270 g/mol. The molecule has 1 aromatic heterocycles. The van der Waals surface area contributed by atoms with Crippen LogP contribution in [0.4, 0.5) is 0 Å². The van der Waals surface area contributed by atoms with E-state index in [-0.39, 0.29) is 6.04 Å². The molecule has 0 amide bonds.